The lowest BCUT2D eigenvalue weighted by Crippen LogP contribution is -2.41. The Balaban J connectivity index is 1.63. The van der Waals surface area contributed by atoms with Crippen LogP contribution in [0.5, 0.6) is 11.5 Å². The van der Waals surface area contributed by atoms with Crippen molar-refractivity contribution in [3.05, 3.63) is 76.0 Å². The van der Waals surface area contributed by atoms with Crippen molar-refractivity contribution in [3.63, 3.8) is 0 Å². The molecule has 0 radical (unpaired) electrons. The Bertz CT molecular complexity index is 1190. The van der Waals surface area contributed by atoms with E-state index in [4.69, 9.17) is 9.47 Å². The molecule has 1 aromatic heterocycles. The molecule has 6 nitrogen and oxygen atoms in total. The van der Waals surface area contributed by atoms with Crippen LogP contribution in [0.25, 0.3) is 0 Å². The number of hydrogen-bond donors (Lipinski definition) is 0. The normalized spacial score (nSPS) is 15.8. The molecular weight excluding hydrogens is 446 g/mol. The summed E-state index contributed by atoms with van der Waals surface area (Å²) in [5.74, 6) is 0.865. The maximum atomic E-state index is 13.3. The molecule has 0 fully saturated rings. The summed E-state index contributed by atoms with van der Waals surface area (Å²) in [6.07, 6.45) is 0.594. The van der Waals surface area contributed by atoms with E-state index in [1.807, 2.05) is 29.6 Å². The molecule has 32 heavy (non-hydrogen) atoms. The number of fused-ring (bicyclic) bond motifs is 1. The van der Waals surface area contributed by atoms with Gasteiger partial charge in [-0.2, -0.15) is 0 Å². The lowest BCUT2D eigenvalue weighted by molar-refractivity contribution is -0.132. The fourth-order valence-corrected chi connectivity index (χ4v) is 6.18. The van der Waals surface area contributed by atoms with Crippen LogP contribution in [0.4, 0.5) is 0 Å². The Kier molecular flexibility index (Phi) is 6.53. The third-order valence-corrected chi connectivity index (χ3v) is 8.35. The van der Waals surface area contributed by atoms with E-state index in [1.165, 1.54) is 0 Å². The van der Waals surface area contributed by atoms with Crippen LogP contribution in [0.2, 0.25) is 0 Å². The maximum Gasteiger partial charge on any atom is 0.224 e. The van der Waals surface area contributed by atoms with Gasteiger partial charge in [-0.25, -0.2) is 8.42 Å². The molecule has 1 aliphatic heterocycles. The highest BCUT2D eigenvalue weighted by atomic mass is 32.2. The third kappa shape index (κ3) is 4.38. The topological polar surface area (TPSA) is 72.9 Å². The van der Waals surface area contributed by atoms with Crippen LogP contribution in [0.3, 0.4) is 0 Å². The largest absolute Gasteiger partial charge is 0.493 e. The number of sulfone groups is 1. The first-order chi connectivity index (χ1) is 15.4. The first-order valence-electron chi connectivity index (χ1n) is 10.3. The van der Waals surface area contributed by atoms with Crippen molar-refractivity contribution in [2.45, 2.75) is 23.8 Å². The van der Waals surface area contributed by atoms with Crippen LogP contribution in [-0.2, 0) is 21.1 Å². The number of benzene rings is 2. The molecule has 0 unspecified atom stereocenters. The highest BCUT2D eigenvalue weighted by molar-refractivity contribution is 7.91. The molecule has 0 N–H and O–H groups in total. The molecule has 0 aliphatic carbocycles. The zero-order valence-electron chi connectivity index (χ0n) is 18.0. The Morgan fingerprint density at radius 1 is 1.06 bits per heavy atom. The zero-order valence-corrected chi connectivity index (χ0v) is 19.6. The second-order valence-electron chi connectivity index (χ2n) is 7.54. The molecule has 0 bridgehead atoms. The molecular formula is C24H25NO5S2. The molecule has 8 heteroatoms. The predicted octanol–water partition coefficient (Wildman–Crippen LogP) is 4.10. The first-order valence-corrected chi connectivity index (χ1v) is 12.8. The third-order valence-electron chi connectivity index (χ3n) is 5.69. The number of carbonyl (C=O) groups is 1. The second kappa shape index (κ2) is 9.34. The smallest absolute Gasteiger partial charge is 0.224 e. The van der Waals surface area contributed by atoms with E-state index in [9.17, 15) is 13.2 Å². The van der Waals surface area contributed by atoms with Gasteiger partial charge in [0.05, 0.1) is 30.9 Å². The van der Waals surface area contributed by atoms with Crippen LogP contribution in [0, 0.1) is 0 Å². The minimum absolute atomic E-state index is 0.0677. The van der Waals surface area contributed by atoms with Gasteiger partial charge >= 0.3 is 0 Å². The van der Waals surface area contributed by atoms with E-state index >= 15 is 0 Å². The van der Waals surface area contributed by atoms with Crippen molar-refractivity contribution in [2.75, 3.05) is 26.5 Å². The monoisotopic (exact) mass is 471 g/mol. The van der Waals surface area contributed by atoms with E-state index in [0.29, 0.717) is 24.5 Å². The van der Waals surface area contributed by atoms with Crippen molar-refractivity contribution >= 4 is 27.1 Å². The number of hydrogen-bond acceptors (Lipinski definition) is 6. The number of nitrogens with zero attached hydrogens (tertiary/aromatic N) is 1. The Morgan fingerprint density at radius 2 is 1.78 bits per heavy atom. The van der Waals surface area contributed by atoms with Gasteiger partial charge in [-0.3, -0.25) is 4.79 Å². The summed E-state index contributed by atoms with van der Waals surface area (Å²) in [7, 11) is -0.335. The van der Waals surface area contributed by atoms with Crippen molar-refractivity contribution in [2.24, 2.45) is 0 Å². The molecule has 168 valence electrons. The molecule has 2 aromatic carbocycles. The number of thiophene rings is 1. The molecule has 3 aromatic rings. The van der Waals surface area contributed by atoms with Gasteiger partial charge in [0.25, 0.3) is 0 Å². The summed E-state index contributed by atoms with van der Waals surface area (Å²) >= 11 is 1.57. The molecule has 0 saturated heterocycles. The number of amides is 1. The standard InChI is InChI=1S/C24H25NO5S2/c1-29-20-15-17-10-12-25(23(26)11-14-32(27,28)18-7-4-3-5-8-18)24(22-9-6-13-31-22)19(17)16-21(20)30-2/h3-9,13,15-16,24H,10-12,14H2,1-2H3/t24-/m0/s1. The van der Waals surface area contributed by atoms with Gasteiger partial charge in [0.2, 0.25) is 5.91 Å². The van der Waals surface area contributed by atoms with Gasteiger partial charge in [-0.05, 0) is 53.3 Å². The SMILES string of the molecule is COc1cc2c(cc1OC)[C@@H](c1cccs1)N(C(=O)CCS(=O)(=O)c1ccccc1)CC2. The number of rotatable bonds is 7. The average molecular weight is 472 g/mol. The maximum absolute atomic E-state index is 13.3. The minimum atomic E-state index is -3.53. The lowest BCUT2D eigenvalue weighted by atomic mass is 9.90. The zero-order chi connectivity index (χ0) is 22.7. The summed E-state index contributed by atoms with van der Waals surface area (Å²) in [6.45, 7) is 0.509. The number of ether oxygens (including phenoxy) is 2. The van der Waals surface area contributed by atoms with Crippen LogP contribution < -0.4 is 9.47 Å². The van der Waals surface area contributed by atoms with Gasteiger partial charge in [0.15, 0.2) is 21.3 Å². The molecule has 1 atom stereocenters. The number of carbonyl (C=O) groups excluding carboxylic acids is 1. The van der Waals surface area contributed by atoms with Gasteiger partial charge in [-0.1, -0.05) is 24.3 Å². The molecule has 2 heterocycles. The van der Waals surface area contributed by atoms with E-state index < -0.39 is 9.84 Å². The fourth-order valence-electron chi connectivity index (χ4n) is 4.08. The average Bonchev–Trinajstić information content (AvgIpc) is 3.36. The minimum Gasteiger partial charge on any atom is -0.493 e. The molecule has 1 amide bonds. The van der Waals surface area contributed by atoms with E-state index in [1.54, 1.807) is 60.8 Å². The summed E-state index contributed by atoms with van der Waals surface area (Å²) in [5.41, 5.74) is 2.08. The highest BCUT2D eigenvalue weighted by Gasteiger charge is 2.34. The molecule has 4 rings (SSSR count). The van der Waals surface area contributed by atoms with E-state index in [0.717, 1.165) is 16.0 Å². The molecule has 1 aliphatic rings. The summed E-state index contributed by atoms with van der Waals surface area (Å²) in [4.78, 5) is 16.3. The lowest BCUT2D eigenvalue weighted by Gasteiger charge is -2.37. The van der Waals surface area contributed by atoms with Crippen LogP contribution in [0.1, 0.15) is 28.5 Å². The van der Waals surface area contributed by atoms with Gasteiger partial charge in [0.1, 0.15) is 0 Å². The predicted molar refractivity (Wildman–Crippen MR) is 124 cm³/mol. The quantitative estimate of drug-likeness (QED) is 0.519. The molecule has 0 spiro atoms. The Hall–Kier alpha value is -2.84. The highest BCUT2D eigenvalue weighted by Crippen LogP contribution is 2.42. The van der Waals surface area contributed by atoms with Crippen molar-refractivity contribution in [1.29, 1.82) is 0 Å². The first kappa shape index (κ1) is 22.4. The van der Waals surface area contributed by atoms with Crippen LogP contribution in [-0.4, -0.2) is 45.7 Å². The second-order valence-corrected chi connectivity index (χ2v) is 10.6. The summed E-state index contributed by atoms with van der Waals surface area (Å²) in [5, 5.41) is 1.98. The number of methoxy groups -OCH3 is 2. The van der Waals surface area contributed by atoms with Gasteiger partial charge in [-0.15, -0.1) is 11.3 Å². The van der Waals surface area contributed by atoms with Crippen molar-refractivity contribution < 1.29 is 22.7 Å². The Morgan fingerprint density at radius 3 is 2.44 bits per heavy atom. The summed E-state index contributed by atoms with van der Waals surface area (Å²) < 4.78 is 36.3. The summed E-state index contributed by atoms with van der Waals surface area (Å²) in [6, 6.07) is 15.8. The van der Waals surface area contributed by atoms with Crippen LogP contribution in [0.15, 0.2) is 64.9 Å². The Labute approximate surface area is 192 Å². The van der Waals surface area contributed by atoms with E-state index in [-0.39, 0.29) is 29.0 Å². The van der Waals surface area contributed by atoms with Gasteiger partial charge < -0.3 is 14.4 Å². The van der Waals surface area contributed by atoms with Crippen LogP contribution >= 0.6 is 11.3 Å². The van der Waals surface area contributed by atoms with E-state index in [2.05, 4.69) is 0 Å². The van der Waals surface area contributed by atoms with Gasteiger partial charge in [0, 0.05) is 17.8 Å². The fraction of sp³-hybridized carbons (Fsp3) is 0.292. The van der Waals surface area contributed by atoms with Crippen molar-refractivity contribution in [1.82, 2.24) is 4.90 Å². The van der Waals surface area contributed by atoms with Crippen molar-refractivity contribution in [3.8, 4) is 11.5 Å². The molecule has 0 saturated carbocycles.